The number of aromatic nitrogens is 4. The van der Waals surface area contributed by atoms with Crippen molar-refractivity contribution < 1.29 is 4.79 Å². The zero-order valence-electron chi connectivity index (χ0n) is 17.4. The third-order valence-electron chi connectivity index (χ3n) is 4.89. The number of fused-ring (bicyclic) bond motifs is 1. The molecule has 2 heterocycles. The van der Waals surface area contributed by atoms with Gasteiger partial charge in [-0.25, -0.2) is 14.8 Å². The summed E-state index contributed by atoms with van der Waals surface area (Å²) in [5.74, 6) is 0.988. The number of halogens is 1. The van der Waals surface area contributed by atoms with Gasteiger partial charge < -0.3 is 10.3 Å². The van der Waals surface area contributed by atoms with E-state index in [0.717, 1.165) is 30.6 Å². The highest BCUT2D eigenvalue weighted by atomic mass is 35.5. The Morgan fingerprint density at radius 3 is 2.53 bits per heavy atom. The second-order valence-corrected chi connectivity index (χ2v) is 8.55. The summed E-state index contributed by atoms with van der Waals surface area (Å²) in [6.45, 7) is 6.38. The van der Waals surface area contributed by atoms with E-state index in [4.69, 9.17) is 11.6 Å². The number of rotatable bonds is 9. The van der Waals surface area contributed by atoms with Gasteiger partial charge in [0.2, 0.25) is 5.91 Å². The fourth-order valence-corrected chi connectivity index (χ4v) is 3.98. The molecule has 30 heavy (non-hydrogen) atoms. The summed E-state index contributed by atoms with van der Waals surface area (Å²) >= 11 is 7.47. The van der Waals surface area contributed by atoms with Crippen molar-refractivity contribution >= 4 is 46.3 Å². The zero-order chi connectivity index (χ0) is 21.7. The Morgan fingerprint density at radius 2 is 1.90 bits per heavy atom. The van der Waals surface area contributed by atoms with Crippen molar-refractivity contribution in [2.75, 3.05) is 11.1 Å². The number of aromatic amines is 1. The quantitative estimate of drug-likeness (QED) is 0.366. The summed E-state index contributed by atoms with van der Waals surface area (Å²) in [4.78, 5) is 37.3. The van der Waals surface area contributed by atoms with Gasteiger partial charge in [0.15, 0.2) is 16.6 Å². The second kappa shape index (κ2) is 10.1. The molecule has 0 radical (unpaired) electrons. The third-order valence-corrected chi connectivity index (χ3v) is 6.19. The summed E-state index contributed by atoms with van der Waals surface area (Å²) in [5, 5.41) is 4.08. The minimum absolute atomic E-state index is 0.0993. The van der Waals surface area contributed by atoms with Crippen LogP contribution >= 0.6 is 23.4 Å². The lowest BCUT2D eigenvalue weighted by Gasteiger charge is -2.13. The van der Waals surface area contributed by atoms with E-state index in [9.17, 15) is 9.59 Å². The predicted octanol–water partition coefficient (Wildman–Crippen LogP) is 4.70. The van der Waals surface area contributed by atoms with Gasteiger partial charge in [-0.3, -0.25) is 9.36 Å². The van der Waals surface area contributed by atoms with Crippen molar-refractivity contribution in [2.24, 2.45) is 5.92 Å². The molecule has 0 aliphatic carbocycles. The van der Waals surface area contributed by atoms with Crippen molar-refractivity contribution in [1.82, 2.24) is 19.5 Å². The molecule has 0 spiro atoms. The maximum absolute atomic E-state index is 12.7. The van der Waals surface area contributed by atoms with Crippen LogP contribution in [-0.2, 0) is 11.3 Å². The van der Waals surface area contributed by atoms with Crippen molar-refractivity contribution in [3.8, 4) is 0 Å². The molecule has 0 fully saturated rings. The van der Waals surface area contributed by atoms with E-state index < -0.39 is 0 Å². The van der Waals surface area contributed by atoms with E-state index in [1.165, 1.54) is 11.8 Å². The fourth-order valence-electron chi connectivity index (χ4n) is 3.16. The van der Waals surface area contributed by atoms with Crippen LogP contribution in [0.5, 0.6) is 0 Å². The fraction of sp³-hybridized carbons (Fsp3) is 0.429. The highest BCUT2D eigenvalue weighted by Crippen LogP contribution is 2.24. The first kappa shape index (κ1) is 22.4. The molecule has 1 aromatic carbocycles. The number of imidazole rings is 1. The molecule has 0 bridgehead atoms. The Morgan fingerprint density at radius 1 is 1.20 bits per heavy atom. The summed E-state index contributed by atoms with van der Waals surface area (Å²) in [5.41, 5.74) is 1.54. The van der Waals surface area contributed by atoms with Crippen molar-refractivity contribution in [3.63, 3.8) is 0 Å². The Kier molecular flexibility index (Phi) is 7.55. The SMILES string of the molecule is CCCSc1nc(NC(=O)C(CC)CC)c2[nH]c(=O)n(Cc3ccc(Cl)cc3)c2n1. The smallest absolute Gasteiger partial charge is 0.309 e. The molecule has 0 saturated carbocycles. The first-order valence-corrected chi connectivity index (χ1v) is 11.5. The van der Waals surface area contributed by atoms with Crippen LogP contribution in [0.15, 0.2) is 34.2 Å². The third kappa shape index (κ3) is 5.05. The minimum Gasteiger partial charge on any atom is -0.309 e. The molecule has 2 N–H and O–H groups in total. The lowest BCUT2D eigenvalue weighted by atomic mass is 10.0. The molecule has 0 unspecified atom stereocenters. The zero-order valence-corrected chi connectivity index (χ0v) is 18.9. The maximum atomic E-state index is 12.7. The van der Waals surface area contributed by atoms with E-state index in [1.807, 2.05) is 26.0 Å². The average molecular weight is 448 g/mol. The van der Waals surface area contributed by atoms with Crippen molar-refractivity contribution in [2.45, 2.75) is 51.7 Å². The number of hydrogen-bond acceptors (Lipinski definition) is 5. The van der Waals surface area contributed by atoms with Gasteiger partial charge in [-0.15, -0.1) is 0 Å². The first-order chi connectivity index (χ1) is 14.5. The van der Waals surface area contributed by atoms with Crippen LogP contribution in [0.1, 0.15) is 45.6 Å². The molecule has 160 valence electrons. The summed E-state index contributed by atoms with van der Waals surface area (Å²) < 4.78 is 1.56. The largest absolute Gasteiger partial charge is 0.328 e. The highest BCUT2D eigenvalue weighted by Gasteiger charge is 2.20. The van der Waals surface area contributed by atoms with Crippen molar-refractivity contribution in [3.05, 3.63) is 45.3 Å². The van der Waals surface area contributed by atoms with Gasteiger partial charge in [-0.2, -0.15) is 0 Å². The number of carbonyl (C=O) groups is 1. The molecule has 0 aliphatic rings. The number of carbonyl (C=O) groups excluding carboxylic acids is 1. The lowest BCUT2D eigenvalue weighted by molar-refractivity contribution is -0.120. The average Bonchev–Trinajstić information content (AvgIpc) is 3.04. The minimum atomic E-state index is -0.301. The standard InChI is InChI=1S/C21H26ClN5O2S/c1-4-11-30-20-25-17(24-19(28)14(5-2)6-3)16-18(26-20)27(21(29)23-16)12-13-7-9-15(22)10-8-13/h7-10,14H,4-6,11-12H2,1-3H3,(H,23,29)(H,24,25,26,28). The maximum Gasteiger partial charge on any atom is 0.328 e. The van der Waals surface area contributed by atoms with Gasteiger partial charge in [0.05, 0.1) is 6.54 Å². The Balaban J connectivity index is 2.05. The molecule has 0 aliphatic heterocycles. The topological polar surface area (TPSA) is 92.7 Å². The van der Waals surface area contributed by atoms with E-state index >= 15 is 0 Å². The number of amides is 1. The molecule has 9 heteroatoms. The second-order valence-electron chi connectivity index (χ2n) is 7.05. The van der Waals surface area contributed by atoms with Gasteiger partial charge in [0.25, 0.3) is 0 Å². The van der Waals surface area contributed by atoms with Gasteiger partial charge in [0.1, 0.15) is 5.52 Å². The van der Waals surface area contributed by atoms with Crippen molar-refractivity contribution in [1.29, 1.82) is 0 Å². The van der Waals surface area contributed by atoms with E-state index in [1.54, 1.807) is 16.7 Å². The normalized spacial score (nSPS) is 11.4. The highest BCUT2D eigenvalue weighted by molar-refractivity contribution is 7.99. The molecule has 2 aromatic heterocycles. The monoisotopic (exact) mass is 447 g/mol. The summed E-state index contributed by atoms with van der Waals surface area (Å²) in [7, 11) is 0. The number of benzene rings is 1. The molecule has 0 atom stereocenters. The number of anilines is 1. The lowest BCUT2D eigenvalue weighted by Crippen LogP contribution is -2.22. The number of thioether (sulfide) groups is 1. The van der Waals surface area contributed by atoms with Crippen LogP contribution in [0.4, 0.5) is 5.82 Å². The van der Waals surface area contributed by atoms with Crippen LogP contribution in [0.3, 0.4) is 0 Å². The van der Waals surface area contributed by atoms with Gasteiger partial charge in [-0.1, -0.05) is 56.3 Å². The van der Waals surface area contributed by atoms with Crippen LogP contribution in [0.25, 0.3) is 11.2 Å². The Bertz CT molecular complexity index is 1070. The number of nitrogens with one attached hydrogen (secondary N) is 2. The number of hydrogen-bond donors (Lipinski definition) is 2. The summed E-state index contributed by atoms with van der Waals surface area (Å²) in [6, 6.07) is 7.32. The van der Waals surface area contributed by atoms with E-state index in [0.29, 0.717) is 33.7 Å². The molecular formula is C21H26ClN5O2S. The Hall–Kier alpha value is -2.32. The van der Waals surface area contributed by atoms with Crippen LogP contribution in [0.2, 0.25) is 5.02 Å². The van der Waals surface area contributed by atoms with Crippen LogP contribution in [-0.4, -0.2) is 31.2 Å². The number of H-pyrrole nitrogens is 1. The predicted molar refractivity (Wildman–Crippen MR) is 122 cm³/mol. The van der Waals surface area contributed by atoms with Gasteiger partial charge >= 0.3 is 5.69 Å². The van der Waals surface area contributed by atoms with Gasteiger partial charge in [0, 0.05) is 16.7 Å². The first-order valence-electron chi connectivity index (χ1n) is 10.1. The number of nitrogens with zero attached hydrogens (tertiary/aromatic N) is 3. The van der Waals surface area contributed by atoms with E-state index in [2.05, 4.69) is 27.2 Å². The molecule has 0 saturated heterocycles. The Labute approximate surface area is 184 Å². The van der Waals surface area contributed by atoms with Gasteiger partial charge in [-0.05, 0) is 37.0 Å². The molecule has 3 rings (SSSR count). The van der Waals surface area contributed by atoms with E-state index in [-0.39, 0.29) is 17.5 Å². The molecular weight excluding hydrogens is 422 g/mol. The molecule has 1 amide bonds. The molecule has 3 aromatic rings. The molecule has 7 nitrogen and oxygen atoms in total. The summed E-state index contributed by atoms with van der Waals surface area (Å²) in [6.07, 6.45) is 2.44. The van der Waals surface area contributed by atoms with Crippen LogP contribution in [0, 0.1) is 5.92 Å². The van der Waals surface area contributed by atoms with Crippen LogP contribution < -0.4 is 11.0 Å².